The first-order valence-corrected chi connectivity index (χ1v) is 7.58. The largest absolute Gasteiger partial charge is 0.342 e. The second-order valence-electron chi connectivity index (χ2n) is 5.50. The standard InChI is InChI=1S/C16H22F2N2O/c17-14-9-13(10-15(18)11-14)5-6-19-12-16(21)20-7-3-1-2-4-8-20/h9-11,19H,1-8,12H2. The van der Waals surface area contributed by atoms with Gasteiger partial charge in [-0.25, -0.2) is 8.78 Å². The minimum absolute atomic E-state index is 0.113. The number of nitrogens with zero attached hydrogens (tertiary/aromatic N) is 1. The van der Waals surface area contributed by atoms with Crippen LogP contribution >= 0.6 is 0 Å². The second kappa shape index (κ2) is 8.08. The van der Waals surface area contributed by atoms with E-state index in [9.17, 15) is 13.6 Å². The Morgan fingerprint density at radius 1 is 1.05 bits per heavy atom. The van der Waals surface area contributed by atoms with Crippen LogP contribution in [0.25, 0.3) is 0 Å². The normalized spacial score (nSPS) is 15.8. The van der Waals surface area contributed by atoms with Crippen LogP contribution in [0.3, 0.4) is 0 Å². The molecule has 1 aliphatic rings. The molecule has 1 amide bonds. The number of likely N-dealkylation sites (tertiary alicyclic amines) is 1. The lowest BCUT2D eigenvalue weighted by Crippen LogP contribution is -2.39. The number of hydrogen-bond acceptors (Lipinski definition) is 2. The maximum absolute atomic E-state index is 13.0. The zero-order valence-corrected chi connectivity index (χ0v) is 12.2. The van der Waals surface area contributed by atoms with Crippen LogP contribution < -0.4 is 5.32 Å². The number of halogens is 2. The molecular formula is C16H22F2N2O. The van der Waals surface area contributed by atoms with E-state index in [1.807, 2.05) is 4.90 Å². The SMILES string of the molecule is O=C(CNCCc1cc(F)cc(F)c1)N1CCCCCC1. The van der Waals surface area contributed by atoms with Crippen molar-refractivity contribution in [1.82, 2.24) is 10.2 Å². The first-order valence-electron chi connectivity index (χ1n) is 7.58. The average molecular weight is 296 g/mol. The Balaban J connectivity index is 1.70. The van der Waals surface area contributed by atoms with Crippen LogP contribution in [-0.2, 0) is 11.2 Å². The van der Waals surface area contributed by atoms with Gasteiger partial charge < -0.3 is 10.2 Å². The second-order valence-corrected chi connectivity index (χ2v) is 5.50. The van der Waals surface area contributed by atoms with Crippen LogP contribution in [0.2, 0.25) is 0 Å². The van der Waals surface area contributed by atoms with Gasteiger partial charge in [0.1, 0.15) is 11.6 Å². The highest BCUT2D eigenvalue weighted by Gasteiger charge is 2.14. The first kappa shape index (κ1) is 15.9. The minimum atomic E-state index is -0.564. The van der Waals surface area contributed by atoms with Crippen molar-refractivity contribution in [1.29, 1.82) is 0 Å². The van der Waals surface area contributed by atoms with Gasteiger partial charge in [0.2, 0.25) is 5.91 Å². The summed E-state index contributed by atoms with van der Waals surface area (Å²) in [4.78, 5) is 13.9. The molecule has 0 unspecified atom stereocenters. The minimum Gasteiger partial charge on any atom is -0.342 e. The highest BCUT2D eigenvalue weighted by atomic mass is 19.1. The Bertz CT molecular complexity index is 451. The summed E-state index contributed by atoms with van der Waals surface area (Å²) in [5.74, 6) is -1.02. The highest BCUT2D eigenvalue weighted by molar-refractivity contribution is 5.78. The molecule has 1 heterocycles. The molecule has 0 aliphatic carbocycles. The molecule has 0 saturated carbocycles. The summed E-state index contributed by atoms with van der Waals surface area (Å²) in [6.45, 7) is 2.51. The molecule has 116 valence electrons. The third-order valence-corrected chi connectivity index (χ3v) is 3.75. The number of rotatable bonds is 5. The number of amides is 1. The lowest BCUT2D eigenvalue weighted by molar-refractivity contribution is -0.130. The van der Waals surface area contributed by atoms with Crippen LogP contribution in [0, 0.1) is 11.6 Å². The smallest absolute Gasteiger partial charge is 0.236 e. The molecule has 1 saturated heterocycles. The molecule has 2 rings (SSSR count). The molecule has 0 aromatic heterocycles. The summed E-state index contributed by atoms with van der Waals surface area (Å²) in [5, 5.41) is 3.05. The van der Waals surface area contributed by atoms with Gasteiger partial charge in [0.25, 0.3) is 0 Å². The van der Waals surface area contributed by atoms with Crippen molar-refractivity contribution >= 4 is 5.91 Å². The van der Waals surface area contributed by atoms with Crippen molar-refractivity contribution in [3.63, 3.8) is 0 Å². The molecule has 1 aromatic rings. The van der Waals surface area contributed by atoms with Crippen molar-refractivity contribution in [2.45, 2.75) is 32.1 Å². The third kappa shape index (κ3) is 5.42. The van der Waals surface area contributed by atoms with E-state index in [0.29, 0.717) is 18.5 Å². The average Bonchev–Trinajstić information content (AvgIpc) is 2.71. The zero-order valence-electron chi connectivity index (χ0n) is 12.2. The van der Waals surface area contributed by atoms with E-state index >= 15 is 0 Å². The van der Waals surface area contributed by atoms with E-state index in [-0.39, 0.29) is 12.5 Å². The molecule has 1 fully saturated rings. The Kier molecular flexibility index (Phi) is 6.11. The van der Waals surface area contributed by atoms with E-state index < -0.39 is 11.6 Å². The monoisotopic (exact) mass is 296 g/mol. The molecule has 0 atom stereocenters. The van der Waals surface area contributed by atoms with Crippen LogP contribution in [0.5, 0.6) is 0 Å². The van der Waals surface area contributed by atoms with Gasteiger partial charge in [-0.15, -0.1) is 0 Å². The van der Waals surface area contributed by atoms with Crippen molar-refractivity contribution in [3.8, 4) is 0 Å². The fourth-order valence-electron chi connectivity index (χ4n) is 2.62. The van der Waals surface area contributed by atoms with E-state index in [0.717, 1.165) is 32.0 Å². The Morgan fingerprint density at radius 2 is 1.67 bits per heavy atom. The summed E-state index contributed by atoms with van der Waals surface area (Å²) in [7, 11) is 0. The van der Waals surface area contributed by atoms with Gasteiger partial charge in [-0.1, -0.05) is 12.8 Å². The molecule has 0 bridgehead atoms. The van der Waals surface area contributed by atoms with E-state index in [4.69, 9.17) is 0 Å². The quantitative estimate of drug-likeness (QED) is 0.847. The van der Waals surface area contributed by atoms with Gasteiger partial charge >= 0.3 is 0 Å². The lowest BCUT2D eigenvalue weighted by Gasteiger charge is -2.20. The Labute approximate surface area is 124 Å². The molecular weight excluding hydrogens is 274 g/mol. The molecule has 1 aromatic carbocycles. The Morgan fingerprint density at radius 3 is 2.29 bits per heavy atom. The number of carbonyl (C=O) groups excluding carboxylic acids is 1. The van der Waals surface area contributed by atoms with Gasteiger partial charge in [-0.2, -0.15) is 0 Å². The van der Waals surface area contributed by atoms with Gasteiger partial charge in [0.05, 0.1) is 6.54 Å². The fraction of sp³-hybridized carbons (Fsp3) is 0.562. The number of carbonyl (C=O) groups is 1. The van der Waals surface area contributed by atoms with Crippen molar-refractivity contribution in [2.24, 2.45) is 0 Å². The van der Waals surface area contributed by atoms with Gasteiger partial charge in [0, 0.05) is 19.2 Å². The number of hydrogen-bond donors (Lipinski definition) is 1. The first-order chi connectivity index (χ1) is 10.1. The van der Waals surface area contributed by atoms with Crippen LogP contribution in [0.15, 0.2) is 18.2 Å². The van der Waals surface area contributed by atoms with Gasteiger partial charge in [0.15, 0.2) is 0 Å². The molecule has 0 spiro atoms. The molecule has 0 radical (unpaired) electrons. The van der Waals surface area contributed by atoms with E-state index in [1.54, 1.807) is 0 Å². The number of nitrogens with one attached hydrogen (secondary N) is 1. The van der Waals surface area contributed by atoms with E-state index in [1.165, 1.54) is 25.0 Å². The molecule has 1 N–H and O–H groups in total. The topological polar surface area (TPSA) is 32.3 Å². The van der Waals surface area contributed by atoms with Crippen molar-refractivity contribution < 1.29 is 13.6 Å². The summed E-state index contributed by atoms with van der Waals surface area (Å²) in [5.41, 5.74) is 0.599. The summed E-state index contributed by atoms with van der Waals surface area (Å²) in [6.07, 6.45) is 5.05. The van der Waals surface area contributed by atoms with Crippen LogP contribution in [-0.4, -0.2) is 37.0 Å². The van der Waals surface area contributed by atoms with Crippen LogP contribution in [0.1, 0.15) is 31.2 Å². The summed E-state index contributed by atoms with van der Waals surface area (Å²) >= 11 is 0. The molecule has 5 heteroatoms. The third-order valence-electron chi connectivity index (χ3n) is 3.75. The maximum Gasteiger partial charge on any atom is 0.236 e. The predicted octanol–water partition coefficient (Wildman–Crippen LogP) is 2.50. The van der Waals surface area contributed by atoms with Crippen molar-refractivity contribution in [2.75, 3.05) is 26.2 Å². The zero-order chi connectivity index (χ0) is 15.1. The highest BCUT2D eigenvalue weighted by Crippen LogP contribution is 2.10. The molecule has 21 heavy (non-hydrogen) atoms. The molecule has 3 nitrogen and oxygen atoms in total. The summed E-state index contributed by atoms with van der Waals surface area (Å²) in [6, 6.07) is 3.50. The van der Waals surface area contributed by atoms with Crippen molar-refractivity contribution in [3.05, 3.63) is 35.4 Å². The number of benzene rings is 1. The maximum atomic E-state index is 13.0. The van der Waals surface area contributed by atoms with Gasteiger partial charge in [-0.05, 0) is 43.5 Å². The summed E-state index contributed by atoms with van der Waals surface area (Å²) < 4.78 is 26.1. The van der Waals surface area contributed by atoms with E-state index in [2.05, 4.69) is 5.32 Å². The Hall–Kier alpha value is -1.49. The lowest BCUT2D eigenvalue weighted by atomic mass is 10.1. The van der Waals surface area contributed by atoms with Gasteiger partial charge in [-0.3, -0.25) is 4.79 Å². The predicted molar refractivity (Wildman–Crippen MR) is 78.0 cm³/mol. The van der Waals surface area contributed by atoms with Crippen LogP contribution in [0.4, 0.5) is 8.78 Å². The fourth-order valence-corrected chi connectivity index (χ4v) is 2.62. The molecule has 1 aliphatic heterocycles.